The van der Waals surface area contributed by atoms with Gasteiger partial charge in [0.15, 0.2) is 5.96 Å². The Balaban J connectivity index is 2.21. The molecule has 0 aliphatic carbocycles. The first kappa shape index (κ1) is 12.0. The van der Waals surface area contributed by atoms with E-state index in [-0.39, 0.29) is 5.41 Å². The molecule has 0 aromatic heterocycles. The molecule has 1 aromatic rings. The third kappa shape index (κ3) is 3.22. The molecule has 0 atom stereocenters. The Morgan fingerprint density at radius 3 is 2.47 bits per heavy atom. The summed E-state index contributed by atoms with van der Waals surface area (Å²) < 4.78 is 0. The zero-order valence-corrected chi connectivity index (χ0v) is 10.9. The number of guanidine groups is 1. The Bertz CT molecular complexity index is 408. The highest BCUT2D eigenvalue weighted by atomic mass is 15.2. The first-order valence-electron chi connectivity index (χ1n) is 6.23. The lowest BCUT2D eigenvalue weighted by molar-refractivity contribution is 0.590. The van der Waals surface area contributed by atoms with Crippen molar-refractivity contribution in [1.29, 1.82) is 0 Å². The number of nitrogens with zero attached hydrogens (tertiary/aromatic N) is 1. The number of nitrogens with one attached hydrogen (secondary N) is 2. The fourth-order valence-electron chi connectivity index (χ4n) is 1.81. The van der Waals surface area contributed by atoms with Crippen molar-refractivity contribution < 1.29 is 0 Å². The van der Waals surface area contributed by atoms with E-state index in [1.807, 2.05) is 6.07 Å². The summed E-state index contributed by atoms with van der Waals surface area (Å²) in [6.07, 6.45) is 1.15. The molecule has 1 saturated heterocycles. The first-order chi connectivity index (χ1) is 8.05. The molecule has 0 radical (unpaired) electrons. The van der Waals surface area contributed by atoms with Gasteiger partial charge in [-0.2, -0.15) is 0 Å². The number of aliphatic imine (C=N–C) groups is 1. The standard InChI is InChI=1S/C14H21N3/c1-14(2,3)11-6-4-7-12(10-11)17-13-15-8-5-9-16-13/h4,6-7,10H,5,8-9H2,1-3H3,(H2,15,16,17). The summed E-state index contributed by atoms with van der Waals surface area (Å²) in [6.45, 7) is 8.67. The van der Waals surface area contributed by atoms with Crippen LogP contribution in [0.3, 0.4) is 0 Å². The first-order valence-corrected chi connectivity index (χ1v) is 6.23. The summed E-state index contributed by atoms with van der Waals surface area (Å²) >= 11 is 0. The van der Waals surface area contributed by atoms with E-state index < -0.39 is 0 Å². The summed E-state index contributed by atoms with van der Waals surface area (Å²) in [5, 5.41) is 6.53. The number of benzene rings is 1. The lowest BCUT2D eigenvalue weighted by Gasteiger charge is -2.20. The molecule has 1 aromatic carbocycles. The average molecular weight is 231 g/mol. The molecule has 2 rings (SSSR count). The van der Waals surface area contributed by atoms with Gasteiger partial charge >= 0.3 is 0 Å². The largest absolute Gasteiger partial charge is 0.356 e. The average Bonchev–Trinajstić information content (AvgIpc) is 2.29. The van der Waals surface area contributed by atoms with Gasteiger partial charge in [0.05, 0.1) is 5.69 Å². The van der Waals surface area contributed by atoms with Crippen LogP contribution in [-0.4, -0.2) is 19.0 Å². The lowest BCUT2D eigenvalue weighted by atomic mass is 9.87. The Morgan fingerprint density at radius 2 is 1.82 bits per heavy atom. The highest BCUT2D eigenvalue weighted by molar-refractivity contribution is 5.83. The molecule has 0 amide bonds. The lowest BCUT2D eigenvalue weighted by Crippen LogP contribution is -2.43. The molecule has 3 heteroatoms. The van der Waals surface area contributed by atoms with Gasteiger partial charge in [0.2, 0.25) is 0 Å². The van der Waals surface area contributed by atoms with Crippen LogP contribution in [0.15, 0.2) is 29.3 Å². The molecule has 1 aliphatic rings. The quantitative estimate of drug-likeness (QED) is 0.779. The third-order valence-corrected chi connectivity index (χ3v) is 2.89. The number of hydrogen-bond acceptors (Lipinski definition) is 1. The fraction of sp³-hybridized carbons (Fsp3) is 0.500. The van der Waals surface area contributed by atoms with Gasteiger partial charge in [-0.25, -0.2) is 4.99 Å². The van der Waals surface area contributed by atoms with Gasteiger partial charge in [0, 0.05) is 13.1 Å². The van der Waals surface area contributed by atoms with E-state index in [4.69, 9.17) is 0 Å². The monoisotopic (exact) mass is 231 g/mol. The summed E-state index contributed by atoms with van der Waals surface area (Å²) in [7, 11) is 0. The summed E-state index contributed by atoms with van der Waals surface area (Å²) in [5.74, 6) is 0.891. The maximum atomic E-state index is 4.59. The van der Waals surface area contributed by atoms with Crippen molar-refractivity contribution in [3.8, 4) is 0 Å². The molecule has 17 heavy (non-hydrogen) atoms. The molecule has 1 aliphatic heterocycles. The second-order valence-electron chi connectivity index (χ2n) is 5.47. The SMILES string of the molecule is CC(C)(C)c1cccc(N=C2NCCCN2)c1. The van der Waals surface area contributed by atoms with Crippen LogP contribution in [0.1, 0.15) is 32.8 Å². The van der Waals surface area contributed by atoms with E-state index in [0.29, 0.717) is 0 Å². The van der Waals surface area contributed by atoms with Crippen LogP contribution in [0, 0.1) is 0 Å². The van der Waals surface area contributed by atoms with Crippen molar-refractivity contribution >= 4 is 11.6 Å². The molecule has 0 spiro atoms. The van der Waals surface area contributed by atoms with E-state index in [1.165, 1.54) is 5.56 Å². The van der Waals surface area contributed by atoms with Crippen molar-refractivity contribution in [2.75, 3.05) is 13.1 Å². The molecular weight excluding hydrogens is 210 g/mol. The van der Waals surface area contributed by atoms with Gasteiger partial charge in [-0.1, -0.05) is 32.9 Å². The van der Waals surface area contributed by atoms with E-state index in [0.717, 1.165) is 31.2 Å². The van der Waals surface area contributed by atoms with Crippen molar-refractivity contribution in [2.24, 2.45) is 4.99 Å². The van der Waals surface area contributed by atoms with Crippen LogP contribution < -0.4 is 10.6 Å². The topological polar surface area (TPSA) is 36.4 Å². The van der Waals surface area contributed by atoms with Gasteiger partial charge in [0.25, 0.3) is 0 Å². The Hall–Kier alpha value is -1.51. The zero-order chi connectivity index (χ0) is 12.3. The normalized spacial score (nSPS) is 16.1. The van der Waals surface area contributed by atoms with Gasteiger partial charge in [-0.3, -0.25) is 0 Å². The maximum absolute atomic E-state index is 4.59. The molecule has 1 heterocycles. The molecule has 0 bridgehead atoms. The van der Waals surface area contributed by atoms with Crippen LogP contribution >= 0.6 is 0 Å². The Labute approximate surface area is 103 Å². The minimum atomic E-state index is 0.170. The highest BCUT2D eigenvalue weighted by Gasteiger charge is 2.13. The Kier molecular flexibility index (Phi) is 3.36. The maximum Gasteiger partial charge on any atom is 0.196 e. The van der Waals surface area contributed by atoms with Crippen LogP contribution in [-0.2, 0) is 5.41 Å². The fourth-order valence-corrected chi connectivity index (χ4v) is 1.81. The summed E-state index contributed by atoms with van der Waals surface area (Å²) in [4.78, 5) is 4.59. The van der Waals surface area contributed by atoms with Gasteiger partial charge in [0.1, 0.15) is 0 Å². The third-order valence-electron chi connectivity index (χ3n) is 2.89. The second-order valence-corrected chi connectivity index (χ2v) is 5.47. The van der Waals surface area contributed by atoms with Crippen LogP contribution in [0.5, 0.6) is 0 Å². The summed E-state index contributed by atoms with van der Waals surface area (Å²) in [6, 6.07) is 8.43. The molecule has 92 valence electrons. The zero-order valence-electron chi connectivity index (χ0n) is 10.9. The molecule has 3 nitrogen and oxygen atoms in total. The molecule has 0 unspecified atom stereocenters. The van der Waals surface area contributed by atoms with E-state index in [1.54, 1.807) is 0 Å². The smallest absolute Gasteiger partial charge is 0.196 e. The van der Waals surface area contributed by atoms with Crippen LogP contribution in [0.25, 0.3) is 0 Å². The Morgan fingerprint density at radius 1 is 1.12 bits per heavy atom. The molecule has 2 N–H and O–H groups in total. The minimum absolute atomic E-state index is 0.170. The van der Waals surface area contributed by atoms with Crippen LogP contribution in [0.4, 0.5) is 5.69 Å². The predicted molar refractivity (Wildman–Crippen MR) is 72.9 cm³/mol. The molecule has 0 saturated carbocycles. The van der Waals surface area contributed by atoms with Gasteiger partial charge < -0.3 is 10.6 Å². The van der Waals surface area contributed by atoms with E-state index >= 15 is 0 Å². The minimum Gasteiger partial charge on any atom is -0.356 e. The van der Waals surface area contributed by atoms with E-state index in [9.17, 15) is 0 Å². The van der Waals surface area contributed by atoms with Crippen molar-refractivity contribution in [1.82, 2.24) is 10.6 Å². The van der Waals surface area contributed by atoms with Crippen LogP contribution in [0.2, 0.25) is 0 Å². The molecular formula is C14H21N3. The summed E-state index contributed by atoms with van der Waals surface area (Å²) in [5.41, 5.74) is 2.49. The van der Waals surface area contributed by atoms with Gasteiger partial charge in [-0.15, -0.1) is 0 Å². The number of hydrogen-bond donors (Lipinski definition) is 2. The van der Waals surface area contributed by atoms with E-state index in [2.05, 4.69) is 54.6 Å². The van der Waals surface area contributed by atoms with Gasteiger partial charge in [-0.05, 0) is 29.5 Å². The second kappa shape index (κ2) is 4.78. The van der Waals surface area contributed by atoms with Crippen molar-refractivity contribution in [3.05, 3.63) is 29.8 Å². The predicted octanol–water partition coefficient (Wildman–Crippen LogP) is 2.55. The number of rotatable bonds is 1. The highest BCUT2D eigenvalue weighted by Crippen LogP contribution is 2.25. The van der Waals surface area contributed by atoms with Crippen molar-refractivity contribution in [2.45, 2.75) is 32.6 Å². The van der Waals surface area contributed by atoms with Crippen molar-refractivity contribution in [3.63, 3.8) is 0 Å². The molecule has 1 fully saturated rings.